The number of rotatable bonds is 2. The van der Waals surface area contributed by atoms with Crippen LogP contribution in [-0.2, 0) is 12.0 Å². The summed E-state index contributed by atoms with van der Waals surface area (Å²) in [5, 5.41) is 3.44. The molecule has 3 nitrogen and oxygen atoms in total. The SMILES string of the molecule is CC1(Cn2cncc2C(C)(C)C)CCNCC1. The van der Waals surface area contributed by atoms with Crippen LogP contribution in [0.4, 0.5) is 0 Å². The number of imidazole rings is 1. The van der Waals surface area contributed by atoms with Gasteiger partial charge in [-0.25, -0.2) is 4.98 Å². The van der Waals surface area contributed by atoms with Crippen LogP contribution < -0.4 is 5.32 Å². The van der Waals surface area contributed by atoms with Crippen molar-refractivity contribution in [2.24, 2.45) is 5.41 Å². The number of nitrogens with one attached hydrogen (secondary N) is 1. The molecule has 0 aromatic carbocycles. The van der Waals surface area contributed by atoms with Crippen LogP contribution >= 0.6 is 0 Å². The maximum absolute atomic E-state index is 4.33. The Labute approximate surface area is 105 Å². The topological polar surface area (TPSA) is 29.9 Å². The zero-order valence-corrected chi connectivity index (χ0v) is 11.6. The van der Waals surface area contributed by atoms with Gasteiger partial charge in [0, 0.05) is 23.9 Å². The fourth-order valence-electron chi connectivity index (χ4n) is 2.67. The number of hydrogen-bond donors (Lipinski definition) is 1. The van der Waals surface area contributed by atoms with Crippen molar-refractivity contribution in [3.63, 3.8) is 0 Å². The summed E-state index contributed by atoms with van der Waals surface area (Å²) in [5.41, 5.74) is 1.95. The van der Waals surface area contributed by atoms with Gasteiger partial charge >= 0.3 is 0 Å². The normalized spacial score (nSPS) is 20.5. The van der Waals surface area contributed by atoms with Crippen molar-refractivity contribution in [3.8, 4) is 0 Å². The zero-order chi connectivity index (χ0) is 12.5. The minimum absolute atomic E-state index is 0.180. The van der Waals surface area contributed by atoms with Gasteiger partial charge < -0.3 is 9.88 Å². The van der Waals surface area contributed by atoms with Crippen molar-refractivity contribution >= 4 is 0 Å². The lowest BCUT2D eigenvalue weighted by molar-refractivity contribution is 0.191. The largest absolute Gasteiger partial charge is 0.334 e. The van der Waals surface area contributed by atoms with Crippen LogP contribution in [0.15, 0.2) is 12.5 Å². The standard InChI is InChI=1S/C14H25N3/c1-13(2,3)12-9-16-11-17(12)10-14(4)5-7-15-8-6-14/h9,11,15H,5-8,10H2,1-4H3. The van der Waals surface area contributed by atoms with Crippen LogP contribution in [0.25, 0.3) is 0 Å². The van der Waals surface area contributed by atoms with E-state index in [0.717, 1.165) is 19.6 Å². The Balaban J connectivity index is 2.16. The van der Waals surface area contributed by atoms with Crippen LogP contribution in [0.3, 0.4) is 0 Å². The van der Waals surface area contributed by atoms with Gasteiger partial charge in [0.2, 0.25) is 0 Å². The zero-order valence-electron chi connectivity index (χ0n) is 11.6. The second-order valence-electron chi connectivity index (χ2n) is 6.72. The molecule has 0 saturated carbocycles. The molecule has 1 aliphatic rings. The molecule has 0 atom stereocenters. The Morgan fingerprint density at radius 2 is 2.00 bits per heavy atom. The Kier molecular flexibility index (Phi) is 3.30. The molecular formula is C14H25N3. The van der Waals surface area contributed by atoms with E-state index in [1.807, 2.05) is 12.5 Å². The van der Waals surface area contributed by atoms with Crippen LogP contribution in [0.5, 0.6) is 0 Å². The molecule has 0 unspecified atom stereocenters. The first-order valence-electron chi connectivity index (χ1n) is 6.62. The Bertz CT molecular complexity index is 367. The minimum atomic E-state index is 0.180. The van der Waals surface area contributed by atoms with E-state index in [2.05, 4.69) is 42.6 Å². The van der Waals surface area contributed by atoms with E-state index < -0.39 is 0 Å². The molecule has 3 heteroatoms. The average Bonchev–Trinajstić information content (AvgIpc) is 2.65. The first-order valence-corrected chi connectivity index (χ1v) is 6.62. The molecule has 2 rings (SSSR count). The lowest BCUT2D eigenvalue weighted by Gasteiger charge is -2.35. The van der Waals surface area contributed by atoms with Crippen molar-refractivity contribution in [2.75, 3.05) is 13.1 Å². The van der Waals surface area contributed by atoms with Crippen molar-refractivity contribution < 1.29 is 0 Å². The molecule has 0 aliphatic carbocycles. The highest BCUT2D eigenvalue weighted by Crippen LogP contribution is 2.32. The Morgan fingerprint density at radius 3 is 2.59 bits per heavy atom. The van der Waals surface area contributed by atoms with Gasteiger partial charge in [-0.15, -0.1) is 0 Å². The van der Waals surface area contributed by atoms with Crippen LogP contribution in [-0.4, -0.2) is 22.6 Å². The lowest BCUT2D eigenvalue weighted by Crippen LogP contribution is -2.38. The van der Waals surface area contributed by atoms with Gasteiger partial charge in [-0.3, -0.25) is 0 Å². The van der Waals surface area contributed by atoms with Gasteiger partial charge in [-0.2, -0.15) is 0 Å². The van der Waals surface area contributed by atoms with E-state index in [1.165, 1.54) is 18.5 Å². The number of hydrogen-bond acceptors (Lipinski definition) is 2. The average molecular weight is 235 g/mol. The monoisotopic (exact) mass is 235 g/mol. The van der Waals surface area contributed by atoms with E-state index in [4.69, 9.17) is 0 Å². The number of nitrogens with zero attached hydrogens (tertiary/aromatic N) is 2. The number of aromatic nitrogens is 2. The summed E-state index contributed by atoms with van der Waals surface area (Å²) in [6, 6.07) is 0. The summed E-state index contributed by atoms with van der Waals surface area (Å²) in [5.74, 6) is 0. The fourth-order valence-corrected chi connectivity index (χ4v) is 2.67. The smallest absolute Gasteiger partial charge is 0.0948 e. The molecule has 0 spiro atoms. The molecule has 96 valence electrons. The molecule has 1 N–H and O–H groups in total. The van der Waals surface area contributed by atoms with E-state index in [0.29, 0.717) is 5.41 Å². The van der Waals surface area contributed by atoms with Gasteiger partial charge in [0.25, 0.3) is 0 Å². The molecule has 0 bridgehead atoms. The molecular weight excluding hydrogens is 210 g/mol. The first kappa shape index (κ1) is 12.6. The van der Waals surface area contributed by atoms with Gasteiger partial charge in [-0.05, 0) is 31.3 Å². The molecule has 17 heavy (non-hydrogen) atoms. The number of piperidine rings is 1. The minimum Gasteiger partial charge on any atom is -0.334 e. The Hall–Kier alpha value is -0.830. The summed E-state index contributed by atoms with van der Waals surface area (Å²) < 4.78 is 2.35. The maximum Gasteiger partial charge on any atom is 0.0948 e. The summed E-state index contributed by atoms with van der Waals surface area (Å²) in [4.78, 5) is 4.33. The molecule has 1 aromatic rings. The highest BCUT2D eigenvalue weighted by Gasteiger charge is 2.29. The maximum atomic E-state index is 4.33. The summed E-state index contributed by atoms with van der Waals surface area (Å²) in [6.45, 7) is 12.6. The van der Waals surface area contributed by atoms with Gasteiger partial charge in [0.1, 0.15) is 0 Å². The van der Waals surface area contributed by atoms with Gasteiger partial charge in [-0.1, -0.05) is 27.7 Å². The highest BCUT2D eigenvalue weighted by atomic mass is 15.1. The van der Waals surface area contributed by atoms with E-state index >= 15 is 0 Å². The third-order valence-electron chi connectivity index (χ3n) is 3.84. The fraction of sp³-hybridized carbons (Fsp3) is 0.786. The Morgan fingerprint density at radius 1 is 1.35 bits per heavy atom. The van der Waals surface area contributed by atoms with E-state index in [1.54, 1.807) is 0 Å². The molecule has 0 amide bonds. The molecule has 1 aliphatic heterocycles. The predicted molar refractivity (Wildman–Crippen MR) is 71.1 cm³/mol. The van der Waals surface area contributed by atoms with Crippen molar-refractivity contribution in [2.45, 2.75) is 52.5 Å². The molecule has 1 aromatic heterocycles. The summed E-state index contributed by atoms with van der Waals surface area (Å²) in [6.07, 6.45) is 6.53. The predicted octanol–water partition coefficient (Wildman–Crippen LogP) is 2.57. The van der Waals surface area contributed by atoms with Gasteiger partial charge in [0.05, 0.1) is 6.33 Å². The van der Waals surface area contributed by atoms with Crippen molar-refractivity contribution in [1.29, 1.82) is 0 Å². The van der Waals surface area contributed by atoms with Crippen LogP contribution in [0.1, 0.15) is 46.2 Å². The highest BCUT2D eigenvalue weighted by molar-refractivity contribution is 5.11. The second kappa shape index (κ2) is 4.45. The first-order chi connectivity index (χ1) is 7.91. The van der Waals surface area contributed by atoms with Crippen LogP contribution in [0, 0.1) is 5.41 Å². The third-order valence-corrected chi connectivity index (χ3v) is 3.84. The van der Waals surface area contributed by atoms with Crippen molar-refractivity contribution in [3.05, 3.63) is 18.2 Å². The van der Waals surface area contributed by atoms with Crippen LogP contribution in [0.2, 0.25) is 0 Å². The molecule has 2 heterocycles. The van der Waals surface area contributed by atoms with Gasteiger partial charge in [0.15, 0.2) is 0 Å². The molecule has 0 radical (unpaired) electrons. The summed E-state index contributed by atoms with van der Waals surface area (Å²) >= 11 is 0. The van der Waals surface area contributed by atoms with E-state index in [-0.39, 0.29) is 5.41 Å². The molecule has 1 fully saturated rings. The molecule has 1 saturated heterocycles. The van der Waals surface area contributed by atoms with E-state index in [9.17, 15) is 0 Å². The quantitative estimate of drug-likeness (QED) is 0.854. The third kappa shape index (κ3) is 2.89. The lowest BCUT2D eigenvalue weighted by atomic mass is 9.80. The van der Waals surface area contributed by atoms with Crippen molar-refractivity contribution in [1.82, 2.24) is 14.9 Å². The second-order valence-corrected chi connectivity index (χ2v) is 6.72. The summed E-state index contributed by atoms with van der Waals surface area (Å²) in [7, 11) is 0.